The summed E-state index contributed by atoms with van der Waals surface area (Å²) >= 11 is 0. The second kappa shape index (κ2) is 9.04. The van der Waals surface area contributed by atoms with Crippen LogP contribution in [0.25, 0.3) is 0 Å². The van der Waals surface area contributed by atoms with Crippen molar-refractivity contribution in [2.75, 3.05) is 42.1 Å². The van der Waals surface area contributed by atoms with Crippen LogP contribution in [-0.2, 0) is 13.0 Å². The summed E-state index contributed by atoms with van der Waals surface area (Å²) in [5.74, 6) is 1.09. The first-order chi connectivity index (χ1) is 14.6. The first-order valence-corrected chi connectivity index (χ1v) is 10.2. The normalized spacial score (nSPS) is 14.7. The molecule has 1 fully saturated rings. The van der Waals surface area contributed by atoms with E-state index in [2.05, 4.69) is 49.1 Å². The fraction of sp³-hybridized carbons (Fsp3) is 0.318. The lowest BCUT2D eigenvalue weighted by Gasteiger charge is -2.35. The highest BCUT2D eigenvalue weighted by molar-refractivity contribution is 5.54. The Labute approximate surface area is 175 Å². The zero-order valence-corrected chi connectivity index (χ0v) is 17.1. The van der Waals surface area contributed by atoms with Crippen LogP contribution >= 0.6 is 0 Å². The molecule has 30 heavy (non-hydrogen) atoms. The van der Waals surface area contributed by atoms with E-state index in [4.69, 9.17) is 5.73 Å². The molecule has 3 aromatic rings. The minimum atomic E-state index is -0.212. The number of benzene rings is 2. The summed E-state index contributed by atoms with van der Waals surface area (Å²) in [5, 5.41) is 3.21. The Morgan fingerprint density at radius 1 is 0.933 bits per heavy atom. The van der Waals surface area contributed by atoms with Crippen molar-refractivity contribution >= 4 is 23.3 Å². The number of aryl methyl sites for hydroxylation is 1. The molecule has 1 saturated heterocycles. The van der Waals surface area contributed by atoms with Gasteiger partial charge in [-0.25, -0.2) is 4.39 Å². The zero-order chi connectivity index (χ0) is 20.9. The summed E-state index contributed by atoms with van der Waals surface area (Å²) in [6, 6.07) is 14.8. The summed E-state index contributed by atoms with van der Waals surface area (Å²) in [6.07, 6.45) is 0.998. The molecular formula is C22H26FN7. The van der Waals surface area contributed by atoms with Gasteiger partial charge in [-0.15, -0.1) is 0 Å². The lowest BCUT2D eigenvalue weighted by atomic mass is 10.1. The molecule has 0 saturated carbocycles. The van der Waals surface area contributed by atoms with Crippen molar-refractivity contribution in [1.29, 1.82) is 0 Å². The van der Waals surface area contributed by atoms with E-state index in [1.54, 1.807) is 0 Å². The molecule has 3 N–H and O–H groups in total. The Morgan fingerprint density at radius 3 is 2.30 bits per heavy atom. The molecule has 0 aliphatic carbocycles. The van der Waals surface area contributed by atoms with E-state index in [1.165, 1.54) is 17.7 Å². The van der Waals surface area contributed by atoms with Crippen molar-refractivity contribution in [3.63, 3.8) is 0 Å². The SMILES string of the molecule is CCc1ccc(Nc2nc(N)nc(CN3CCN(c4ccc(F)cc4)CC3)n2)cc1. The van der Waals surface area contributed by atoms with Gasteiger partial charge in [0.15, 0.2) is 0 Å². The zero-order valence-electron chi connectivity index (χ0n) is 17.1. The highest BCUT2D eigenvalue weighted by Gasteiger charge is 2.19. The van der Waals surface area contributed by atoms with Gasteiger partial charge < -0.3 is 16.0 Å². The topological polar surface area (TPSA) is 83.2 Å². The summed E-state index contributed by atoms with van der Waals surface area (Å²) in [4.78, 5) is 17.6. The summed E-state index contributed by atoms with van der Waals surface area (Å²) < 4.78 is 13.1. The first-order valence-electron chi connectivity index (χ1n) is 10.2. The van der Waals surface area contributed by atoms with E-state index in [9.17, 15) is 4.39 Å². The van der Waals surface area contributed by atoms with Crippen LogP contribution in [0.4, 0.5) is 27.7 Å². The molecule has 0 bridgehead atoms. The number of halogens is 1. The second-order valence-corrected chi connectivity index (χ2v) is 7.35. The molecule has 1 aliphatic rings. The fourth-order valence-electron chi connectivity index (χ4n) is 3.53. The van der Waals surface area contributed by atoms with Gasteiger partial charge in [-0.3, -0.25) is 4.90 Å². The predicted octanol–water partition coefficient (Wildman–Crippen LogP) is 3.22. The van der Waals surface area contributed by atoms with Crippen LogP contribution in [0.2, 0.25) is 0 Å². The van der Waals surface area contributed by atoms with Crippen LogP contribution in [-0.4, -0.2) is 46.0 Å². The highest BCUT2D eigenvalue weighted by Crippen LogP contribution is 2.19. The predicted molar refractivity (Wildman–Crippen MR) is 117 cm³/mol. The second-order valence-electron chi connectivity index (χ2n) is 7.35. The number of anilines is 4. The molecule has 2 aromatic carbocycles. The number of nitrogens with two attached hydrogens (primary N) is 1. The summed E-state index contributed by atoms with van der Waals surface area (Å²) in [6.45, 7) is 6.19. The lowest BCUT2D eigenvalue weighted by molar-refractivity contribution is 0.244. The molecule has 4 rings (SSSR count). The number of nitrogens with zero attached hydrogens (tertiary/aromatic N) is 5. The van der Waals surface area contributed by atoms with E-state index in [-0.39, 0.29) is 11.8 Å². The third-order valence-electron chi connectivity index (χ3n) is 5.25. The van der Waals surface area contributed by atoms with Gasteiger partial charge in [-0.05, 0) is 48.4 Å². The standard InChI is InChI=1S/C22H26FN7/c1-2-16-3-7-18(8-4-16)25-22-27-20(26-21(24)28-22)15-29-11-13-30(14-12-29)19-9-5-17(23)6-10-19/h3-10H,2,11-15H2,1H3,(H3,24,25,26,27,28). The summed E-state index contributed by atoms with van der Waals surface area (Å²) in [5.41, 5.74) is 9.14. The number of nitrogen functional groups attached to an aromatic ring is 1. The molecule has 0 unspecified atom stereocenters. The Bertz CT molecular complexity index is 968. The van der Waals surface area contributed by atoms with Gasteiger partial charge in [-0.2, -0.15) is 15.0 Å². The minimum Gasteiger partial charge on any atom is -0.369 e. The van der Waals surface area contributed by atoms with Gasteiger partial charge in [0, 0.05) is 37.6 Å². The maximum Gasteiger partial charge on any atom is 0.232 e. The van der Waals surface area contributed by atoms with Crippen LogP contribution < -0.4 is 16.0 Å². The van der Waals surface area contributed by atoms with Crippen LogP contribution in [0.15, 0.2) is 48.5 Å². The smallest absolute Gasteiger partial charge is 0.232 e. The number of nitrogens with one attached hydrogen (secondary N) is 1. The number of rotatable bonds is 6. The van der Waals surface area contributed by atoms with Crippen LogP contribution in [0.3, 0.4) is 0 Å². The van der Waals surface area contributed by atoms with E-state index in [0.29, 0.717) is 18.3 Å². The fourth-order valence-corrected chi connectivity index (χ4v) is 3.53. The van der Waals surface area contributed by atoms with Gasteiger partial charge in [0.1, 0.15) is 11.6 Å². The molecule has 1 aromatic heterocycles. The molecule has 0 radical (unpaired) electrons. The van der Waals surface area contributed by atoms with E-state index >= 15 is 0 Å². The van der Waals surface area contributed by atoms with Gasteiger partial charge in [0.05, 0.1) is 6.54 Å². The van der Waals surface area contributed by atoms with Crippen molar-refractivity contribution in [2.24, 2.45) is 0 Å². The Morgan fingerprint density at radius 2 is 1.63 bits per heavy atom. The Hall–Kier alpha value is -3.26. The van der Waals surface area contributed by atoms with Crippen molar-refractivity contribution in [3.05, 3.63) is 65.7 Å². The first kappa shape index (κ1) is 20.0. The lowest BCUT2D eigenvalue weighted by Crippen LogP contribution is -2.46. The van der Waals surface area contributed by atoms with E-state index in [0.717, 1.165) is 44.0 Å². The number of hydrogen-bond donors (Lipinski definition) is 2. The third kappa shape index (κ3) is 5.01. The molecule has 1 aliphatic heterocycles. The Balaban J connectivity index is 1.37. The van der Waals surface area contributed by atoms with Crippen LogP contribution in [0.1, 0.15) is 18.3 Å². The quantitative estimate of drug-likeness (QED) is 0.649. The van der Waals surface area contributed by atoms with Gasteiger partial charge in [0.25, 0.3) is 0 Å². The highest BCUT2D eigenvalue weighted by atomic mass is 19.1. The number of aromatic nitrogens is 3. The van der Waals surface area contributed by atoms with Crippen molar-refractivity contribution in [1.82, 2.24) is 19.9 Å². The third-order valence-corrected chi connectivity index (χ3v) is 5.25. The maximum absolute atomic E-state index is 13.1. The number of piperazine rings is 1. The molecular weight excluding hydrogens is 381 g/mol. The van der Waals surface area contributed by atoms with Gasteiger partial charge >= 0.3 is 0 Å². The molecule has 0 spiro atoms. The largest absolute Gasteiger partial charge is 0.369 e. The Kier molecular flexibility index (Phi) is 6.04. The summed E-state index contributed by atoms with van der Waals surface area (Å²) in [7, 11) is 0. The van der Waals surface area contributed by atoms with E-state index in [1.807, 2.05) is 24.3 Å². The molecule has 0 amide bonds. The molecule has 0 atom stereocenters. The molecule has 8 heteroatoms. The van der Waals surface area contributed by atoms with Gasteiger partial charge in [0.2, 0.25) is 11.9 Å². The molecule has 156 valence electrons. The van der Waals surface area contributed by atoms with Crippen LogP contribution in [0.5, 0.6) is 0 Å². The average molecular weight is 407 g/mol. The van der Waals surface area contributed by atoms with E-state index < -0.39 is 0 Å². The monoisotopic (exact) mass is 407 g/mol. The minimum absolute atomic E-state index is 0.206. The van der Waals surface area contributed by atoms with Crippen molar-refractivity contribution in [3.8, 4) is 0 Å². The van der Waals surface area contributed by atoms with Crippen molar-refractivity contribution < 1.29 is 4.39 Å². The maximum atomic E-state index is 13.1. The molecule has 7 nitrogen and oxygen atoms in total. The van der Waals surface area contributed by atoms with Crippen LogP contribution in [0, 0.1) is 5.82 Å². The molecule has 2 heterocycles. The van der Waals surface area contributed by atoms with Gasteiger partial charge in [-0.1, -0.05) is 19.1 Å². The van der Waals surface area contributed by atoms with Crippen molar-refractivity contribution in [2.45, 2.75) is 19.9 Å². The average Bonchev–Trinajstić information content (AvgIpc) is 2.75. The number of hydrogen-bond acceptors (Lipinski definition) is 7.